The zero-order valence-corrected chi connectivity index (χ0v) is 19.1. The highest BCUT2D eigenvalue weighted by Crippen LogP contribution is 2.33. The van der Waals surface area contributed by atoms with Crippen LogP contribution in [0, 0.1) is 17.0 Å². The number of carbonyl (C=O) groups excluding carboxylic acids is 1. The molecule has 1 amide bonds. The van der Waals surface area contributed by atoms with Crippen molar-refractivity contribution in [3.8, 4) is 11.4 Å². The second-order valence-electron chi connectivity index (χ2n) is 7.17. The first-order valence-electron chi connectivity index (χ1n) is 9.76. The Hall–Kier alpha value is -3.93. The Morgan fingerprint density at radius 3 is 2.48 bits per heavy atom. The van der Waals surface area contributed by atoms with Gasteiger partial charge in [-0.15, -0.1) is 0 Å². The van der Waals surface area contributed by atoms with Crippen LogP contribution in [0.25, 0.3) is 5.69 Å². The number of sulfonamides is 1. The van der Waals surface area contributed by atoms with Gasteiger partial charge in [-0.25, -0.2) is 13.4 Å². The summed E-state index contributed by atoms with van der Waals surface area (Å²) in [5.41, 5.74) is 1.31. The molecule has 0 saturated heterocycles. The molecular formula is C21H23N5O6S. The summed E-state index contributed by atoms with van der Waals surface area (Å²) >= 11 is 0. The van der Waals surface area contributed by atoms with Gasteiger partial charge in [0.2, 0.25) is 15.9 Å². The number of aryl methyl sites for hydroxylation is 1. The molecule has 0 aliphatic rings. The van der Waals surface area contributed by atoms with Crippen molar-refractivity contribution in [2.24, 2.45) is 0 Å². The van der Waals surface area contributed by atoms with Gasteiger partial charge < -0.3 is 14.6 Å². The first-order chi connectivity index (χ1) is 15.6. The summed E-state index contributed by atoms with van der Waals surface area (Å²) in [5, 5.41) is 13.8. The fraction of sp³-hybridized carbons (Fsp3) is 0.238. The predicted octanol–water partition coefficient (Wildman–Crippen LogP) is 2.18. The number of aromatic nitrogens is 2. The van der Waals surface area contributed by atoms with Crippen LogP contribution in [0.1, 0.15) is 11.4 Å². The Kier molecular flexibility index (Phi) is 6.97. The fourth-order valence-corrected chi connectivity index (χ4v) is 4.03. The summed E-state index contributed by atoms with van der Waals surface area (Å²) in [6.45, 7) is 1.49. The minimum Gasteiger partial charge on any atom is -0.495 e. The normalized spacial score (nSPS) is 11.1. The van der Waals surface area contributed by atoms with Crippen LogP contribution in [-0.2, 0) is 21.4 Å². The van der Waals surface area contributed by atoms with Crippen LogP contribution in [0.2, 0.25) is 0 Å². The molecule has 174 valence electrons. The third-order valence-corrected chi connectivity index (χ3v) is 5.99. The number of nitrogens with zero attached hydrogens (tertiary/aromatic N) is 4. The number of ether oxygens (including phenoxy) is 1. The van der Waals surface area contributed by atoms with Gasteiger partial charge in [-0.1, -0.05) is 12.1 Å². The molecule has 2 aromatic carbocycles. The highest BCUT2D eigenvalue weighted by molar-refractivity contribution is 7.92. The minimum atomic E-state index is -3.94. The summed E-state index contributed by atoms with van der Waals surface area (Å²) < 4.78 is 32.6. The number of anilines is 1. The number of amides is 1. The van der Waals surface area contributed by atoms with Crippen LogP contribution in [0.15, 0.2) is 54.9 Å². The lowest BCUT2D eigenvalue weighted by molar-refractivity contribution is -0.384. The largest absolute Gasteiger partial charge is 0.495 e. The topological polar surface area (TPSA) is 137 Å². The maximum absolute atomic E-state index is 12.6. The van der Waals surface area contributed by atoms with Crippen molar-refractivity contribution in [1.82, 2.24) is 14.9 Å². The molecule has 1 aromatic heterocycles. The van der Waals surface area contributed by atoms with Crippen LogP contribution >= 0.6 is 0 Å². The highest BCUT2D eigenvalue weighted by atomic mass is 32.2. The fourth-order valence-electron chi connectivity index (χ4n) is 3.18. The molecule has 3 rings (SSSR count). The number of carbonyl (C=O) groups is 1. The molecule has 0 spiro atoms. The number of benzene rings is 2. The number of nitro benzene ring substituents is 1. The molecule has 11 nitrogen and oxygen atoms in total. The third-order valence-electron chi connectivity index (χ3n) is 4.86. The zero-order valence-electron chi connectivity index (χ0n) is 18.3. The van der Waals surface area contributed by atoms with E-state index in [4.69, 9.17) is 4.74 Å². The van der Waals surface area contributed by atoms with Gasteiger partial charge in [0.1, 0.15) is 23.8 Å². The molecule has 0 fully saturated rings. The van der Waals surface area contributed by atoms with Crippen molar-refractivity contribution < 1.29 is 22.9 Å². The lowest BCUT2D eigenvalue weighted by Crippen LogP contribution is -2.40. The summed E-state index contributed by atoms with van der Waals surface area (Å²) in [7, 11) is -2.64. The number of methoxy groups -OCH3 is 1. The molecule has 1 heterocycles. The van der Waals surface area contributed by atoms with E-state index in [0.29, 0.717) is 0 Å². The number of nitrogens with one attached hydrogen (secondary N) is 1. The molecule has 33 heavy (non-hydrogen) atoms. The molecule has 0 radical (unpaired) electrons. The third kappa shape index (κ3) is 5.66. The first kappa shape index (κ1) is 23.7. The quantitative estimate of drug-likeness (QED) is 0.371. The molecule has 0 aliphatic carbocycles. The Morgan fingerprint density at radius 2 is 1.94 bits per heavy atom. The number of imidazole rings is 1. The SMILES string of the molecule is COc1ccc([N+](=O)[O-])cc1N(CC(=O)NCc1ccc(-n2ccnc2C)cc1)S(C)(=O)=O. The summed E-state index contributed by atoms with van der Waals surface area (Å²) in [6.07, 6.45) is 4.46. The smallest absolute Gasteiger partial charge is 0.271 e. The minimum absolute atomic E-state index is 0.0872. The molecule has 0 unspecified atom stereocenters. The molecular weight excluding hydrogens is 450 g/mol. The van der Waals surface area contributed by atoms with Crippen LogP contribution in [0.5, 0.6) is 5.75 Å². The van der Waals surface area contributed by atoms with Gasteiger partial charge in [0.25, 0.3) is 5.69 Å². The molecule has 3 aromatic rings. The van der Waals surface area contributed by atoms with Gasteiger partial charge in [-0.3, -0.25) is 19.2 Å². The van der Waals surface area contributed by atoms with Gasteiger partial charge in [0.15, 0.2) is 0 Å². The number of nitro groups is 1. The van der Waals surface area contributed by atoms with Crippen LogP contribution in [0.4, 0.5) is 11.4 Å². The van der Waals surface area contributed by atoms with Gasteiger partial charge in [0.05, 0.1) is 18.3 Å². The van der Waals surface area contributed by atoms with E-state index in [1.807, 2.05) is 42.0 Å². The summed E-state index contributed by atoms with van der Waals surface area (Å²) in [5.74, 6) is 0.348. The Labute approximate surface area is 190 Å². The van der Waals surface area contributed by atoms with Gasteiger partial charge in [0, 0.05) is 36.8 Å². The average molecular weight is 474 g/mol. The van der Waals surface area contributed by atoms with Crippen molar-refractivity contribution >= 4 is 27.3 Å². The van der Waals surface area contributed by atoms with E-state index in [1.165, 1.54) is 19.2 Å². The Morgan fingerprint density at radius 1 is 1.24 bits per heavy atom. The van der Waals surface area contributed by atoms with Crippen molar-refractivity contribution in [3.05, 3.63) is 76.4 Å². The molecule has 0 aliphatic heterocycles. The van der Waals surface area contributed by atoms with E-state index in [9.17, 15) is 23.3 Å². The molecule has 0 bridgehead atoms. The maximum Gasteiger partial charge on any atom is 0.271 e. The lowest BCUT2D eigenvalue weighted by Gasteiger charge is -2.23. The second-order valence-corrected chi connectivity index (χ2v) is 9.08. The van der Waals surface area contributed by atoms with Gasteiger partial charge in [-0.05, 0) is 30.7 Å². The van der Waals surface area contributed by atoms with E-state index >= 15 is 0 Å². The van der Waals surface area contributed by atoms with E-state index in [-0.39, 0.29) is 23.7 Å². The predicted molar refractivity (Wildman–Crippen MR) is 122 cm³/mol. The van der Waals surface area contributed by atoms with Crippen molar-refractivity contribution in [3.63, 3.8) is 0 Å². The Bertz CT molecular complexity index is 1270. The van der Waals surface area contributed by atoms with Gasteiger partial charge >= 0.3 is 0 Å². The molecule has 0 saturated carbocycles. The van der Waals surface area contributed by atoms with Crippen molar-refractivity contribution in [2.75, 3.05) is 24.2 Å². The van der Waals surface area contributed by atoms with Crippen LogP contribution in [0.3, 0.4) is 0 Å². The van der Waals surface area contributed by atoms with E-state index < -0.39 is 27.4 Å². The number of rotatable bonds is 9. The molecule has 0 atom stereocenters. The van der Waals surface area contributed by atoms with E-state index in [1.54, 1.807) is 6.20 Å². The molecule has 1 N–H and O–H groups in total. The highest BCUT2D eigenvalue weighted by Gasteiger charge is 2.26. The molecule has 12 heteroatoms. The van der Waals surface area contributed by atoms with Crippen LogP contribution < -0.4 is 14.4 Å². The van der Waals surface area contributed by atoms with Crippen LogP contribution in [-0.4, -0.2) is 48.7 Å². The monoisotopic (exact) mass is 473 g/mol. The Balaban J connectivity index is 1.74. The summed E-state index contributed by atoms with van der Waals surface area (Å²) in [6, 6.07) is 11.0. The number of non-ortho nitro benzene ring substituents is 1. The first-order valence-corrected chi connectivity index (χ1v) is 11.6. The van der Waals surface area contributed by atoms with Gasteiger partial charge in [-0.2, -0.15) is 0 Å². The zero-order chi connectivity index (χ0) is 24.2. The summed E-state index contributed by atoms with van der Waals surface area (Å²) in [4.78, 5) is 27.2. The van der Waals surface area contributed by atoms with Crippen molar-refractivity contribution in [1.29, 1.82) is 0 Å². The standard InChI is InChI=1S/C21H23N5O6S/c1-15-22-10-11-24(15)17-6-4-16(5-7-17)13-23-21(27)14-25(33(3,30)31)19-12-18(26(28)29)8-9-20(19)32-2/h4-12H,13-14H2,1-3H3,(H,23,27). The van der Waals surface area contributed by atoms with E-state index in [2.05, 4.69) is 10.3 Å². The number of hydrogen-bond donors (Lipinski definition) is 1. The lowest BCUT2D eigenvalue weighted by atomic mass is 10.2. The van der Waals surface area contributed by atoms with E-state index in [0.717, 1.165) is 33.7 Å². The number of hydrogen-bond acceptors (Lipinski definition) is 7. The average Bonchev–Trinajstić information content (AvgIpc) is 3.21. The maximum atomic E-state index is 12.6. The second kappa shape index (κ2) is 9.69. The van der Waals surface area contributed by atoms with Crippen molar-refractivity contribution in [2.45, 2.75) is 13.5 Å².